The van der Waals surface area contributed by atoms with Crippen molar-refractivity contribution in [2.24, 2.45) is 0 Å². The van der Waals surface area contributed by atoms with Gasteiger partial charge in [-0.25, -0.2) is 0 Å². The van der Waals surface area contributed by atoms with Crippen molar-refractivity contribution >= 4 is 28.5 Å². The molecule has 0 saturated heterocycles. The monoisotopic (exact) mass is 397 g/mol. The average molecular weight is 398 g/mol. The number of fused-ring (bicyclic) bond motifs is 1. The van der Waals surface area contributed by atoms with Gasteiger partial charge < -0.3 is 9.67 Å². The van der Waals surface area contributed by atoms with Crippen LogP contribution in [0.15, 0.2) is 53.3 Å². The fraction of sp³-hybridized carbons (Fsp3) is 0.304. The van der Waals surface area contributed by atoms with Gasteiger partial charge in [0.25, 0.3) is 5.56 Å². The van der Waals surface area contributed by atoms with Crippen LogP contribution in [0.2, 0.25) is 5.02 Å². The van der Waals surface area contributed by atoms with Crippen molar-refractivity contribution in [2.45, 2.75) is 45.6 Å². The molecule has 3 aromatic rings. The van der Waals surface area contributed by atoms with Crippen LogP contribution >= 0.6 is 11.6 Å². The Kier molecular flexibility index (Phi) is 6.20. The van der Waals surface area contributed by atoms with Crippen LogP contribution in [-0.4, -0.2) is 15.6 Å². The van der Waals surface area contributed by atoms with Crippen LogP contribution in [0.5, 0.6) is 0 Å². The largest absolute Gasteiger partial charge is 0.481 e. The lowest BCUT2D eigenvalue weighted by Crippen LogP contribution is -2.30. The molecule has 4 nitrogen and oxygen atoms in total. The van der Waals surface area contributed by atoms with Gasteiger partial charge in [0.05, 0.1) is 11.4 Å². The molecule has 0 amide bonds. The Hall–Kier alpha value is -2.59. The number of pyridine rings is 1. The van der Waals surface area contributed by atoms with E-state index in [1.54, 1.807) is 10.6 Å². The Morgan fingerprint density at radius 2 is 1.82 bits per heavy atom. The Balaban J connectivity index is 2.53. The van der Waals surface area contributed by atoms with Gasteiger partial charge in [-0.1, -0.05) is 62.2 Å². The molecule has 0 bridgehead atoms. The molecule has 1 N–H and O–H groups in total. The zero-order valence-electron chi connectivity index (χ0n) is 16.1. The van der Waals surface area contributed by atoms with E-state index in [0.717, 1.165) is 22.9 Å². The Morgan fingerprint density at radius 3 is 2.43 bits per heavy atom. The average Bonchev–Trinajstić information content (AvgIpc) is 2.68. The fourth-order valence-corrected chi connectivity index (χ4v) is 3.99. The molecular formula is C23H24ClNO3. The van der Waals surface area contributed by atoms with Gasteiger partial charge in [-0.05, 0) is 36.6 Å². The van der Waals surface area contributed by atoms with Crippen molar-refractivity contribution in [2.75, 3.05) is 0 Å². The molecule has 0 aliphatic rings. The van der Waals surface area contributed by atoms with E-state index >= 15 is 0 Å². The third-order valence-corrected chi connectivity index (χ3v) is 5.23. The molecule has 0 aliphatic carbocycles. The number of nitrogens with zero attached hydrogens (tertiary/aromatic N) is 1. The highest BCUT2D eigenvalue weighted by atomic mass is 35.5. The number of halogens is 1. The van der Waals surface area contributed by atoms with E-state index in [-0.39, 0.29) is 5.56 Å². The molecule has 1 aromatic heterocycles. The lowest BCUT2D eigenvalue weighted by molar-refractivity contribution is -0.139. The summed E-state index contributed by atoms with van der Waals surface area (Å²) in [5.74, 6) is -1.83. The summed E-state index contributed by atoms with van der Waals surface area (Å²) >= 11 is 6.30. The Morgan fingerprint density at radius 1 is 1.11 bits per heavy atom. The van der Waals surface area contributed by atoms with Gasteiger partial charge in [0.15, 0.2) is 0 Å². The molecule has 1 unspecified atom stereocenters. The van der Waals surface area contributed by atoms with Crippen molar-refractivity contribution in [1.82, 2.24) is 4.57 Å². The highest BCUT2D eigenvalue weighted by Gasteiger charge is 2.29. The minimum absolute atomic E-state index is 0.226. The zero-order valence-corrected chi connectivity index (χ0v) is 16.9. The summed E-state index contributed by atoms with van der Waals surface area (Å²) in [4.78, 5) is 25.7. The summed E-state index contributed by atoms with van der Waals surface area (Å²) in [5, 5.41) is 11.3. The summed E-state index contributed by atoms with van der Waals surface area (Å²) in [6.45, 7) is 4.46. The van der Waals surface area contributed by atoms with Crippen LogP contribution in [0.1, 0.15) is 44.6 Å². The first-order chi connectivity index (χ1) is 13.5. The van der Waals surface area contributed by atoms with Crippen LogP contribution in [-0.2, 0) is 11.3 Å². The van der Waals surface area contributed by atoms with Crippen molar-refractivity contribution in [3.63, 3.8) is 0 Å². The molecule has 2 aromatic carbocycles. The van der Waals surface area contributed by atoms with E-state index in [9.17, 15) is 14.7 Å². The van der Waals surface area contributed by atoms with Crippen molar-refractivity contribution in [3.05, 3.63) is 69.5 Å². The third-order valence-electron chi connectivity index (χ3n) is 5.00. The number of benzene rings is 2. The van der Waals surface area contributed by atoms with Gasteiger partial charge in [-0.3, -0.25) is 9.59 Å². The molecule has 0 fully saturated rings. The van der Waals surface area contributed by atoms with E-state index in [1.807, 2.05) is 56.3 Å². The highest BCUT2D eigenvalue weighted by molar-refractivity contribution is 6.31. The fourth-order valence-electron chi connectivity index (χ4n) is 3.82. The number of carboxylic acids is 1. The Labute approximate surface area is 169 Å². The van der Waals surface area contributed by atoms with Gasteiger partial charge in [0, 0.05) is 28.1 Å². The lowest BCUT2D eigenvalue weighted by Gasteiger charge is -2.22. The second-order valence-electron chi connectivity index (χ2n) is 6.95. The smallest absolute Gasteiger partial charge is 0.311 e. The van der Waals surface area contributed by atoms with Crippen molar-refractivity contribution in [3.8, 4) is 11.1 Å². The highest BCUT2D eigenvalue weighted by Crippen LogP contribution is 2.36. The molecular weight excluding hydrogens is 374 g/mol. The second kappa shape index (κ2) is 8.61. The normalized spacial score (nSPS) is 12.2. The number of aliphatic carboxylic acids is 1. The summed E-state index contributed by atoms with van der Waals surface area (Å²) < 4.78 is 1.69. The van der Waals surface area contributed by atoms with Gasteiger partial charge in [-0.2, -0.15) is 0 Å². The first-order valence-electron chi connectivity index (χ1n) is 9.63. The molecule has 0 spiro atoms. The van der Waals surface area contributed by atoms with E-state index < -0.39 is 11.9 Å². The second-order valence-corrected chi connectivity index (χ2v) is 7.39. The van der Waals surface area contributed by atoms with Gasteiger partial charge in [0.1, 0.15) is 0 Å². The van der Waals surface area contributed by atoms with Crippen molar-refractivity contribution in [1.29, 1.82) is 0 Å². The van der Waals surface area contributed by atoms with E-state index in [1.165, 1.54) is 0 Å². The van der Waals surface area contributed by atoms with Crippen LogP contribution in [0.4, 0.5) is 0 Å². The number of hydrogen-bond donors (Lipinski definition) is 1. The lowest BCUT2D eigenvalue weighted by atomic mass is 9.86. The number of aromatic nitrogens is 1. The van der Waals surface area contributed by atoms with Gasteiger partial charge in [0.2, 0.25) is 0 Å². The first kappa shape index (κ1) is 20.2. The molecule has 28 heavy (non-hydrogen) atoms. The standard InChI is InChI=1S/C23H24ClNO3/c1-3-8-17(23(27)28)21-20(15-9-6-5-7-10-15)18-14-16(24)11-12-19(18)25(13-4-2)22(21)26/h5-7,9-12,14,17H,3-4,8,13H2,1-2H3,(H,27,28). The molecule has 0 radical (unpaired) electrons. The van der Waals surface area contributed by atoms with Crippen molar-refractivity contribution < 1.29 is 9.90 Å². The summed E-state index contributed by atoms with van der Waals surface area (Å²) in [7, 11) is 0. The summed E-state index contributed by atoms with van der Waals surface area (Å²) in [6, 6.07) is 15.0. The van der Waals surface area contributed by atoms with Crippen LogP contribution in [0.3, 0.4) is 0 Å². The molecule has 5 heteroatoms. The molecule has 146 valence electrons. The van der Waals surface area contributed by atoms with Gasteiger partial charge in [-0.15, -0.1) is 0 Å². The number of carbonyl (C=O) groups is 1. The van der Waals surface area contributed by atoms with E-state index in [0.29, 0.717) is 35.5 Å². The maximum atomic E-state index is 13.5. The number of hydrogen-bond acceptors (Lipinski definition) is 2. The molecule has 0 saturated carbocycles. The summed E-state index contributed by atoms with van der Waals surface area (Å²) in [6.07, 6.45) is 1.85. The minimum Gasteiger partial charge on any atom is -0.481 e. The first-order valence-corrected chi connectivity index (χ1v) is 10.0. The maximum absolute atomic E-state index is 13.5. The number of aryl methyl sites for hydroxylation is 1. The van der Waals surface area contributed by atoms with Gasteiger partial charge >= 0.3 is 5.97 Å². The Bertz CT molecular complexity index is 1060. The molecule has 3 rings (SSSR count). The predicted octanol–water partition coefficient (Wildman–Crippen LogP) is 5.70. The topological polar surface area (TPSA) is 59.3 Å². The summed E-state index contributed by atoms with van der Waals surface area (Å²) in [5.41, 5.74) is 2.41. The van der Waals surface area contributed by atoms with E-state index in [4.69, 9.17) is 11.6 Å². The number of carboxylic acid groups (broad SMARTS) is 1. The predicted molar refractivity (Wildman–Crippen MR) is 114 cm³/mol. The van der Waals surface area contributed by atoms with Crippen LogP contribution in [0, 0.1) is 0 Å². The quantitative estimate of drug-likeness (QED) is 0.556. The SMILES string of the molecule is CCCC(C(=O)O)c1c(-c2ccccc2)c2cc(Cl)ccc2n(CCC)c1=O. The van der Waals surface area contributed by atoms with E-state index in [2.05, 4.69) is 0 Å². The maximum Gasteiger partial charge on any atom is 0.311 e. The van der Waals surface area contributed by atoms with Crippen LogP contribution < -0.4 is 5.56 Å². The molecule has 1 atom stereocenters. The number of rotatable bonds is 7. The molecule has 0 aliphatic heterocycles. The minimum atomic E-state index is -0.972. The van der Waals surface area contributed by atoms with Crippen LogP contribution in [0.25, 0.3) is 22.0 Å². The zero-order chi connectivity index (χ0) is 20.3. The molecule has 1 heterocycles. The third kappa shape index (κ3) is 3.69.